The van der Waals surface area contributed by atoms with Crippen molar-refractivity contribution >= 4 is 54.9 Å². The lowest BCUT2D eigenvalue weighted by molar-refractivity contribution is 0.409. The van der Waals surface area contributed by atoms with Gasteiger partial charge in [-0.3, -0.25) is 0 Å². The van der Waals surface area contributed by atoms with Gasteiger partial charge < -0.3 is 9.47 Å². The van der Waals surface area contributed by atoms with Gasteiger partial charge in [0.2, 0.25) is 0 Å². The monoisotopic (exact) mass is 392 g/mol. The Morgan fingerprint density at radius 3 is 1.23 bits per heavy atom. The molecule has 6 aromatic rings. The van der Waals surface area contributed by atoms with Crippen LogP contribution in [0.25, 0.3) is 54.9 Å². The van der Waals surface area contributed by atoms with Gasteiger partial charge in [-0.15, -0.1) is 0 Å². The molecule has 0 atom stereocenters. The van der Waals surface area contributed by atoms with E-state index < -0.39 is 0 Å². The Balaban J connectivity index is 1.84. The molecule has 6 rings (SSSR count). The van der Waals surface area contributed by atoms with E-state index >= 15 is 0 Å². The number of hydrogen-bond acceptors (Lipinski definition) is 6. The maximum absolute atomic E-state index is 5.49. The van der Waals surface area contributed by atoms with Gasteiger partial charge in [0.05, 0.1) is 25.3 Å². The van der Waals surface area contributed by atoms with Gasteiger partial charge >= 0.3 is 0 Å². The molecule has 0 fully saturated rings. The van der Waals surface area contributed by atoms with Crippen molar-refractivity contribution in [3.05, 3.63) is 60.7 Å². The smallest absolute Gasteiger partial charge is 0.199 e. The summed E-state index contributed by atoms with van der Waals surface area (Å²) in [4.78, 5) is 19.3. The maximum atomic E-state index is 5.49. The minimum Gasteiger partial charge on any atom is -0.494 e. The highest BCUT2D eigenvalue weighted by molar-refractivity contribution is 6.23. The summed E-state index contributed by atoms with van der Waals surface area (Å²) in [5.74, 6) is 1.23. The fraction of sp³-hybridized carbons (Fsp3) is 0.0833. The summed E-state index contributed by atoms with van der Waals surface area (Å²) in [7, 11) is 3.22. The molecule has 0 bridgehead atoms. The van der Waals surface area contributed by atoms with Crippen LogP contribution in [0.2, 0.25) is 0 Å². The SMILES string of the molecule is COc1ccc(OC)c2nc3nc4c5ccccc5c5ccccc5c4nc3nc12. The number of aromatic nitrogens is 4. The molecular weight excluding hydrogens is 376 g/mol. The summed E-state index contributed by atoms with van der Waals surface area (Å²) in [5, 5.41) is 4.37. The minimum atomic E-state index is 0.474. The van der Waals surface area contributed by atoms with Gasteiger partial charge in [0, 0.05) is 10.8 Å². The van der Waals surface area contributed by atoms with E-state index in [0.29, 0.717) is 33.8 Å². The highest BCUT2D eigenvalue weighted by Gasteiger charge is 2.16. The zero-order chi connectivity index (χ0) is 20.2. The van der Waals surface area contributed by atoms with Crippen molar-refractivity contribution in [1.82, 2.24) is 19.9 Å². The van der Waals surface area contributed by atoms with E-state index in [2.05, 4.69) is 24.3 Å². The number of benzene rings is 4. The Bertz CT molecular complexity index is 1510. The first-order valence-electron chi connectivity index (χ1n) is 9.58. The molecule has 30 heavy (non-hydrogen) atoms. The van der Waals surface area contributed by atoms with Gasteiger partial charge in [0.15, 0.2) is 11.3 Å². The topological polar surface area (TPSA) is 70.0 Å². The summed E-state index contributed by atoms with van der Waals surface area (Å²) in [6.07, 6.45) is 0. The third-order valence-electron chi connectivity index (χ3n) is 5.47. The quantitative estimate of drug-likeness (QED) is 0.303. The van der Waals surface area contributed by atoms with Crippen molar-refractivity contribution in [1.29, 1.82) is 0 Å². The molecule has 0 saturated heterocycles. The Morgan fingerprint density at radius 1 is 0.467 bits per heavy atom. The maximum Gasteiger partial charge on any atom is 0.199 e. The average Bonchev–Trinajstić information content (AvgIpc) is 2.81. The lowest BCUT2D eigenvalue weighted by Gasteiger charge is -2.11. The summed E-state index contributed by atoms with van der Waals surface area (Å²) in [5.41, 5.74) is 3.77. The van der Waals surface area contributed by atoms with Crippen molar-refractivity contribution in [2.24, 2.45) is 0 Å². The van der Waals surface area contributed by atoms with Crippen molar-refractivity contribution < 1.29 is 9.47 Å². The van der Waals surface area contributed by atoms with E-state index in [0.717, 1.165) is 32.6 Å². The van der Waals surface area contributed by atoms with Gasteiger partial charge in [0.25, 0.3) is 0 Å². The van der Waals surface area contributed by atoms with E-state index in [1.54, 1.807) is 14.2 Å². The fourth-order valence-electron chi connectivity index (χ4n) is 4.09. The van der Waals surface area contributed by atoms with Gasteiger partial charge in [-0.1, -0.05) is 48.5 Å². The lowest BCUT2D eigenvalue weighted by atomic mass is 10.00. The standard InChI is InChI=1S/C24H16N4O2/c1-29-17-11-12-18(30-2)22-21(17)27-23-24(28-22)26-20-16-10-6-4-8-14(16)13-7-3-5-9-15(13)19(20)25-23/h3-12H,1-2H3. The number of ether oxygens (including phenoxy) is 2. The van der Waals surface area contributed by atoms with Gasteiger partial charge in [-0.25, -0.2) is 19.9 Å². The van der Waals surface area contributed by atoms with Gasteiger partial charge in [-0.05, 0) is 22.9 Å². The summed E-state index contributed by atoms with van der Waals surface area (Å²) < 4.78 is 11.0. The average molecular weight is 392 g/mol. The van der Waals surface area contributed by atoms with E-state index in [9.17, 15) is 0 Å². The highest BCUT2D eigenvalue weighted by Crippen LogP contribution is 2.35. The van der Waals surface area contributed by atoms with Crippen LogP contribution in [0.4, 0.5) is 0 Å². The zero-order valence-corrected chi connectivity index (χ0v) is 16.4. The second-order valence-corrected chi connectivity index (χ2v) is 7.05. The molecule has 2 aromatic heterocycles. The Labute approximate surface area is 171 Å². The number of rotatable bonds is 2. The first-order chi connectivity index (χ1) is 14.8. The third kappa shape index (κ3) is 2.24. The number of hydrogen-bond donors (Lipinski definition) is 0. The van der Waals surface area contributed by atoms with Crippen LogP contribution in [0, 0.1) is 0 Å². The van der Waals surface area contributed by atoms with Crippen molar-refractivity contribution in [2.75, 3.05) is 14.2 Å². The lowest BCUT2D eigenvalue weighted by Crippen LogP contribution is -1.99. The highest BCUT2D eigenvalue weighted by atomic mass is 16.5. The van der Waals surface area contributed by atoms with Gasteiger partial charge in [0.1, 0.15) is 22.5 Å². The second-order valence-electron chi connectivity index (χ2n) is 7.05. The van der Waals surface area contributed by atoms with Crippen molar-refractivity contribution in [3.63, 3.8) is 0 Å². The normalized spacial score (nSPS) is 11.7. The molecule has 0 amide bonds. The summed E-state index contributed by atoms with van der Waals surface area (Å²) in [6.45, 7) is 0. The molecule has 0 saturated carbocycles. The molecule has 0 unspecified atom stereocenters. The number of nitrogens with zero attached hydrogens (tertiary/aromatic N) is 4. The van der Waals surface area contributed by atoms with E-state index in [-0.39, 0.29) is 0 Å². The van der Waals surface area contributed by atoms with Crippen LogP contribution in [0.1, 0.15) is 0 Å². The van der Waals surface area contributed by atoms with Crippen LogP contribution in [0.5, 0.6) is 11.5 Å². The largest absolute Gasteiger partial charge is 0.494 e. The number of methoxy groups -OCH3 is 2. The van der Waals surface area contributed by atoms with Crippen LogP contribution in [0.15, 0.2) is 60.7 Å². The van der Waals surface area contributed by atoms with Crippen molar-refractivity contribution in [2.45, 2.75) is 0 Å². The van der Waals surface area contributed by atoms with Gasteiger partial charge in [-0.2, -0.15) is 0 Å². The first kappa shape index (κ1) is 16.9. The minimum absolute atomic E-state index is 0.474. The Kier molecular flexibility index (Phi) is 3.49. The molecular formula is C24H16N4O2. The summed E-state index contributed by atoms with van der Waals surface area (Å²) >= 11 is 0. The molecule has 0 radical (unpaired) electrons. The van der Waals surface area contributed by atoms with Crippen LogP contribution in [-0.4, -0.2) is 34.2 Å². The molecule has 0 aliphatic carbocycles. The molecule has 2 heterocycles. The fourth-order valence-corrected chi connectivity index (χ4v) is 4.09. The molecule has 0 spiro atoms. The Hall–Kier alpha value is -4.06. The predicted molar refractivity (Wildman–Crippen MR) is 118 cm³/mol. The molecule has 0 aliphatic heterocycles. The first-order valence-corrected chi connectivity index (χ1v) is 9.58. The van der Waals surface area contributed by atoms with Crippen LogP contribution in [0.3, 0.4) is 0 Å². The molecule has 6 heteroatoms. The van der Waals surface area contributed by atoms with Crippen LogP contribution >= 0.6 is 0 Å². The molecule has 0 N–H and O–H groups in total. The predicted octanol–water partition coefficient (Wildman–Crippen LogP) is 5.05. The third-order valence-corrected chi connectivity index (χ3v) is 5.47. The van der Waals surface area contributed by atoms with E-state index in [4.69, 9.17) is 29.4 Å². The molecule has 4 aromatic carbocycles. The van der Waals surface area contributed by atoms with Crippen molar-refractivity contribution in [3.8, 4) is 11.5 Å². The molecule has 6 nitrogen and oxygen atoms in total. The summed E-state index contributed by atoms with van der Waals surface area (Å²) in [6, 6.07) is 20.1. The zero-order valence-electron chi connectivity index (χ0n) is 16.4. The number of fused-ring (bicyclic) bond motifs is 8. The van der Waals surface area contributed by atoms with E-state index in [1.165, 1.54) is 0 Å². The molecule has 0 aliphatic rings. The second kappa shape index (κ2) is 6.22. The van der Waals surface area contributed by atoms with Crippen LogP contribution < -0.4 is 9.47 Å². The Morgan fingerprint density at radius 2 is 0.833 bits per heavy atom. The van der Waals surface area contributed by atoms with E-state index in [1.807, 2.05) is 36.4 Å². The van der Waals surface area contributed by atoms with Crippen LogP contribution in [-0.2, 0) is 0 Å². The molecule has 144 valence electrons.